The SMILES string of the molecule is O=C(C1CN(S(=O)(=O)c2ccccc2C(F)(F)F)CCN1)N1CCC[C@H]1B(O)O. The molecule has 29 heavy (non-hydrogen) atoms. The predicted octanol–water partition coefficient (Wildman–Crippen LogP) is -0.329. The standard InChI is InChI=1S/C16H21BF3N3O5S/c18-16(19,20)11-4-1-2-5-13(11)29(27,28)22-9-7-21-12(10-22)15(24)23-8-3-6-14(23)17(25)26/h1-2,4-5,12,14,21,25-26H,3,6-10H2/t12?,14-/m0/s1. The quantitative estimate of drug-likeness (QED) is 0.559. The molecule has 2 atom stereocenters. The molecule has 1 amide bonds. The number of sulfonamides is 1. The number of amides is 1. The zero-order valence-electron chi connectivity index (χ0n) is 15.3. The van der Waals surface area contributed by atoms with E-state index in [9.17, 15) is 36.4 Å². The number of likely N-dealkylation sites (tertiary alicyclic amines) is 1. The predicted molar refractivity (Wildman–Crippen MR) is 96.9 cm³/mol. The first kappa shape index (κ1) is 22.0. The van der Waals surface area contributed by atoms with Gasteiger partial charge < -0.3 is 20.3 Å². The molecule has 2 aliphatic heterocycles. The molecule has 3 rings (SSSR count). The number of halogens is 3. The van der Waals surface area contributed by atoms with Crippen molar-refractivity contribution in [3.63, 3.8) is 0 Å². The van der Waals surface area contributed by atoms with Crippen LogP contribution in [0.4, 0.5) is 13.2 Å². The Morgan fingerprint density at radius 2 is 1.90 bits per heavy atom. The van der Waals surface area contributed by atoms with E-state index in [1.165, 1.54) is 11.0 Å². The number of carbonyl (C=O) groups excluding carboxylic acids is 1. The molecule has 0 aromatic heterocycles. The summed E-state index contributed by atoms with van der Waals surface area (Å²) in [5, 5.41) is 21.7. The second-order valence-electron chi connectivity index (χ2n) is 7.02. The highest BCUT2D eigenvalue weighted by Crippen LogP contribution is 2.35. The maximum atomic E-state index is 13.3. The molecule has 1 unspecified atom stereocenters. The molecule has 8 nitrogen and oxygen atoms in total. The Hall–Kier alpha value is -1.67. The highest BCUT2D eigenvalue weighted by atomic mass is 32.2. The molecule has 3 N–H and O–H groups in total. The van der Waals surface area contributed by atoms with Crippen molar-refractivity contribution in [2.75, 3.05) is 26.2 Å². The average molecular weight is 435 g/mol. The fourth-order valence-electron chi connectivity index (χ4n) is 3.75. The molecular weight excluding hydrogens is 414 g/mol. The first-order valence-electron chi connectivity index (χ1n) is 9.10. The monoisotopic (exact) mass is 435 g/mol. The molecule has 13 heteroatoms. The van der Waals surface area contributed by atoms with Crippen LogP contribution in [-0.2, 0) is 21.0 Å². The Morgan fingerprint density at radius 1 is 1.21 bits per heavy atom. The van der Waals surface area contributed by atoms with E-state index in [-0.39, 0.29) is 19.6 Å². The lowest BCUT2D eigenvalue weighted by molar-refractivity contribution is -0.140. The number of nitrogens with one attached hydrogen (secondary N) is 1. The number of alkyl halides is 3. The number of benzene rings is 1. The molecular formula is C16H21BF3N3O5S. The number of hydrogen-bond acceptors (Lipinski definition) is 6. The van der Waals surface area contributed by atoms with Gasteiger partial charge in [0.25, 0.3) is 0 Å². The van der Waals surface area contributed by atoms with Crippen LogP contribution in [0.3, 0.4) is 0 Å². The summed E-state index contributed by atoms with van der Waals surface area (Å²) in [5.74, 6) is -1.30. The van der Waals surface area contributed by atoms with E-state index in [0.29, 0.717) is 25.5 Å². The van der Waals surface area contributed by atoms with Gasteiger partial charge >= 0.3 is 13.3 Å². The van der Waals surface area contributed by atoms with Crippen molar-refractivity contribution < 1.29 is 36.4 Å². The normalized spacial score (nSPS) is 24.0. The summed E-state index contributed by atoms with van der Waals surface area (Å²) in [6.45, 7) is -0.0740. The third-order valence-corrected chi connectivity index (χ3v) is 7.10. The fourth-order valence-corrected chi connectivity index (χ4v) is 5.42. The Kier molecular flexibility index (Phi) is 6.25. The van der Waals surface area contributed by atoms with Crippen LogP contribution in [0.25, 0.3) is 0 Å². The van der Waals surface area contributed by atoms with E-state index in [4.69, 9.17) is 0 Å². The lowest BCUT2D eigenvalue weighted by atomic mass is 9.77. The van der Waals surface area contributed by atoms with E-state index in [0.717, 1.165) is 16.4 Å². The van der Waals surface area contributed by atoms with Gasteiger partial charge in [-0.1, -0.05) is 12.1 Å². The van der Waals surface area contributed by atoms with Crippen LogP contribution in [0.15, 0.2) is 29.2 Å². The van der Waals surface area contributed by atoms with Gasteiger partial charge in [0.1, 0.15) is 6.04 Å². The lowest BCUT2D eigenvalue weighted by Gasteiger charge is -2.35. The third kappa shape index (κ3) is 4.43. The van der Waals surface area contributed by atoms with Crippen molar-refractivity contribution >= 4 is 23.0 Å². The molecule has 0 saturated carbocycles. The minimum Gasteiger partial charge on any atom is -0.426 e. The zero-order valence-corrected chi connectivity index (χ0v) is 16.2. The third-order valence-electron chi connectivity index (χ3n) is 5.17. The highest BCUT2D eigenvalue weighted by Gasteiger charge is 2.43. The van der Waals surface area contributed by atoms with Crippen molar-refractivity contribution in [1.29, 1.82) is 0 Å². The number of hydrogen-bond donors (Lipinski definition) is 3. The van der Waals surface area contributed by atoms with Gasteiger partial charge in [0, 0.05) is 26.2 Å². The molecule has 1 aromatic rings. The highest BCUT2D eigenvalue weighted by molar-refractivity contribution is 7.89. The van der Waals surface area contributed by atoms with Crippen LogP contribution in [0.1, 0.15) is 18.4 Å². The van der Waals surface area contributed by atoms with Crippen molar-refractivity contribution in [3.8, 4) is 0 Å². The summed E-state index contributed by atoms with van der Waals surface area (Å²) in [6.07, 6.45) is -3.87. The molecule has 2 aliphatic rings. The molecule has 2 heterocycles. The second kappa shape index (κ2) is 8.22. The van der Waals surface area contributed by atoms with Crippen LogP contribution < -0.4 is 5.32 Å². The number of rotatable bonds is 4. The van der Waals surface area contributed by atoms with Gasteiger partial charge in [-0.25, -0.2) is 8.42 Å². The fraction of sp³-hybridized carbons (Fsp3) is 0.562. The minimum atomic E-state index is -4.84. The first-order chi connectivity index (χ1) is 13.5. The number of nitrogens with zero attached hydrogens (tertiary/aromatic N) is 2. The Balaban J connectivity index is 1.83. The number of carbonyl (C=O) groups is 1. The average Bonchev–Trinajstić information content (AvgIpc) is 3.17. The van der Waals surface area contributed by atoms with Crippen molar-refractivity contribution in [1.82, 2.24) is 14.5 Å². The first-order valence-corrected chi connectivity index (χ1v) is 10.5. The zero-order chi connectivity index (χ0) is 21.4. The van der Waals surface area contributed by atoms with Crippen LogP contribution in [0.2, 0.25) is 0 Å². The van der Waals surface area contributed by atoms with Gasteiger partial charge in [0.15, 0.2) is 0 Å². The van der Waals surface area contributed by atoms with E-state index < -0.39 is 51.7 Å². The lowest BCUT2D eigenvalue weighted by Crippen LogP contribution is -2.60. The molecule has 0 spiro atoms. The van der Waals surface area contributed by atoms with Crippen molar-refractivity contribution in [2.24, 2.45) is 0 Å². The molecule has 0 bridgehead atoms. The molecule has 1 aromatic carbocycles. The molecule has 160 valence electrons. The van der Waals surface area contributed by atoms with Crippen LogP contribution in [0, 0.1) is 0 Å². The van der Waals surface area contributed by atoms with Crippen LogP contribution >= 0.6 is 0 Å². The van der Waals surface area contributed by atoms with Gasteiger partial charge in [-0.3, -0.25) is 4.79 Å². The Bertz CT molecular complexity index is 868. The maximum Gasteiger partial charge on any atom is 0.475 e. The van der Waals surface area contributed by atoms with Crippen molar-refractivity contribution in [3.05, 3.63) is 29.8 Å². The topological polar surface area (TPSA) is 110 Å². The van der Waals surface area contributed by atoms with Crippen LogP contribution in [0.5, 0.6) is 0 Å². The summed E-state index contributed by atoms with van der Waals surface area (Å²) in [4.78, 5) is 13.2. The molecule has 2 saturated heterocycles. The Labute approximate surface area is 166 Å². The van der Waals surface area contributed by atoms with E-state index >= 15 is 0 Å². The second-order valence-corrected chi connectivity index (χ2v) is 8.92. The van der Waals surface area contributed by atoms with E-state index in [2.05, 4.69) is 5.32 Å². The summed E-state index contributed by atoms with van der Waals surface area (Å²) in [6, 6.07) is 2.94. The van der Waals surface area contributed by atoms with E-state index in [1.807, 2.05) is 0 Å². The molecule has 2 fully saturated rings. The van der Waals surface area contributed by atoms with E-state index in [1.54, 1.807) is 0 Å². The number of piperazine rings is 1. The largest absolute Gasteiger partial charge is 0.475 e. The summed E-state index contributed by atoms with van der Waals surface area (Å²) >= 11 is 0. The van der Waals surface area contributed by atoms with Crippen LogP contribution in [-0.4, -0.2) is 78.9 Å². The molecule has 0 radical (unpaired) electrons. The van der Waals surface area contributed by atoms with Gasteiger partial charge in [-0.2, -0.15) is 17.5 Å². The summed E-state index contributed by atoms with van der Waals surface area (Å²) in [7, 11) is -6.21. The van der Waals surface area contributed by atoms with Gasteiger partial charge in [0.05, 0.1) is 16.4 Å². The summed E-state index contributed by atoms with van der Waals surface area (Å²) in [5.41, 5.74) is -1.26. The maximum absolute atomic E-state index is 13.3. The summed E-state index contributed by atoms with van der Waals surface area (Å²) < 4.78 is 66.5. The minimum absolute atomic E-state index is 0.0734. The van der Waals surface area contributed by atoms with Gasteiger partial charge in [0.2, 0.25) is 15.9 Å². The smallest absolute Gasteiger partial charge is 0.426 e. The molecule has 0 aliphatic carbocycles. The van der Waals surface area contributed by atoms with Crippen molar-refractivity contribution in [2.45, 2.75) is 35.9 Å². The van der Waals surface area contributed by atoms with Gasteiger partial charge in [-0.15, -0.1) is 0 Å². The van der Waals surface area contributed by atoms with Gasteiger partial charge in [-0.05, 0) is 25.0 Å². The Morgan fingerprint density at radius 3 is 2.55 bits per heavy atom.